The highest BCUT2D eigenvalue weighted by Gasteiger charge is 2.11. The second-order valence-electron chi connectivity index (χ2n) is 4.31. The van der Waals surface area contributed by atoms with E-state index in [1.165, 1.54) is 0 Å². The van der Waals surface area contributed by atoms with E-state index < -0.39 is 0 Å². The Hall–Kier alpha value is -2.23. The summed E-state index contributed by atoms with van der Waals surface area (Å²) >= 11 is 0. The van der Waals surface area contributed by atoms with Crippen molar-refractivity contribution in [2.75, 3.05) is 24.3 Å². The summed E-state index contributed by atoms with van der Waals surface area (Å²) in [5.74, 6) is 1.62. The van der Waals surface area contributed by atoms with Crippen LogP contribution < -0.4 is 15.4 Å². The van der Waals surface area contributed by atoms with Crippen molar-refractivity contribution in [3.8, 4) is 5.75 Å². The molecule has 2 N–H and O–H groups in total. The molecule has 0 aliphatic heterocycles. The number of rotatable bonds is 5. The minimum absolute atomic E-state index is 0.625. The third-order valence-electron chi connectivity index (χ3n) is 2.87. The molecule has 0 atom stereocenters. The molecule has 1 heterocycles. The van der Waals surface area contributed by atoms with Crippen LogP contribution in [0, 0.1) is 0 Å². The third kappa shape index (κ3) is 3.16. The maximum atomic E-state index is 5.97. The zero-order valence-electron chi connectivity index (χ0n) is 11.3. The van der Waals surface area contributed by atoms with E-state index in [4.69, 9.17) is 10.5 Å². The van der Waals surface area contributed by atoms with Crippen LogP contribution in [0.3, 0.4) is 0 Å². The summed E-state index contributed by atoms with van der Waals surface area (Å²) in [4.78, 5) is 6.42. The van der Waals surface area contributed by atoms with E-state index in [1.807, 2.05) is 55.3 Å². The van der Waals surface area contributed by atoms with Crippen LogP contribution in [0.2, 0.25) is 0 Å². The number of para-hydroxylation sites is 1. The molecule has 0 bridgehead atoms. The minimum Gasteiger partial charge on any atom is -0.490 e. The van der Waals surface area contributed by atoms with Crippen molar-refractivity contribution >= 4 is 11.5 Å². The van der Waals surface area contributed by atoms with E-state index in [0.29, 0.717) is 13.2 Å². The summed E-state index contributed by atoms with van der Waals surface area (Å²) in [5.41, 5.74) is 7.84. The van der Waals surface area contributed by atoms with E-state index in [2.05, 4.69) is 4.98 Å². The number of ether oxygens (including phenoxy) is 1. The lowest BCUT2D eigenvalue weighted by Crippen LogP contribution is -2.19. The first-order chi connectivity index (χ1) is 9.22. The van der Waals surface area contributed by atoms with Crippen molar-refractivity contribution in [3.63, 3.8) is 0 Å². The van der Waals surface area contributed by atoms with Gasteiger partial charge in [-0.15, -0.1) is 0 Å². The molecule has 4 heteroatoms. The second kappa shape index (κ2) is 6.09. The molecule has 4 nitrogen and oxygen atoms in total. The summed E-state index contributed by atoms with van der Waals surface area (Å²) in [6.45, 7) is 3.29. The first-order valence-corrected chi connectivity index (χ1v) is 6.34. The Morgan fingerprint density at radius 3 is 2.74 bits per heavy atom. The van der Waals surface area contributed by atoms with Crippen molar-refractivity contribution in [2.24, 2.45) is 0 Å². The highest BCUT2D eigenvalue weighted by Crippen LogP contribution is 2.26. The predicted molar refractivity (Wildman–Crippen MR) is 78.4 cm³/mol. The maximum absolute atomic E-state index is 5.97. The van der Waals surface area contributed by atoms with E-state index in [9.17, 15) is 0 Å². The van der Waals surface area contributed by atoms with E-state index >= 15 is 0 Å². The van der Waals surface area contributed by atoms with Gasteiger partial charge in [0.25, 0.3) is 0 Å². The van der Waals surface area contributed by atoms with Crippen LogP contribution in [-0.4, -0.2) is 18.6 Å². The SMILES string of the molecule is CCOc1cccnc1N(C)Cc1ccccc1N. The Balaban J connectivity index is 2.20. The van der Waals surface area contributed by atoms with Crippen LogP contribution in [0.15, 0.2) is 42.6 Å². The largest absolute Gasteiger partial charge is 0.490 e. The zero-order valence-corrected chi connectivity index (χ0v) is 11.3. The number of anilines is 2. The number of benzene rings is 1. The maximum Gasteiger partial charge on any atom is 0.171 e. The van der Waals surface area contributed by atoms with Gasteiger partial charge in [-0.25, -0.2) is 4.98 Å². The number of nitrogens with two attached hydrogens (primary N) is 1. The first kappa shape index (κ1) is 13.2. The molecule has 0 spiro atoms. The fourth-order valence-electron chi connectivity index (χ4n) is 1.95. The monoisotopic (exact) mass is 257 g/mol. The topological polar surface area (TPSA) is 51.4 Å². The molecule has 100 valence electrons. The van der Waals surface area contributed by atoms with Gasteiger partial charge in [0.1, 0.15) is 0 Å². The van der Waals surface area contributed by atoms with Crippen LogP contribution >= 0.6 is 0 Å². The van der Waals surface area contributed by atoms with Gasteiger partial charge in [-0.1, -0.05) is 18.2 Å². The molecule has 0 amide bonds. The van der Waals surface area contributed by atoms with Crippen molar-refractivity contribution in [1.29, 1.82) is 0 Å². The van der Waals surface area contributed by atoms with Crippen LogP contribution in [0.4, 0.5) is 11.5 Å². The number of hydrogen-bond acceptors (Lipinski definition) is 4. The van der Waals surface area contributed by atoms with E-state index in [-0.39, 0.29) is 0 Å². The highest BCUT2D eigenvalue weighted by molar-refractivity contribution is 5.54. The summed E-state index contributed by atoms with van der Waals surface area (Å²) in [6, 6.07) is 11.7. The molecule has 0 fully saturated rings. The van der Waals surface area contributed by atoms with Gasteiger partial charge in [0.15, 0.2) is 11.6 Å². The standard InChI is InChI=1S/C15H19N3O/c1-3-19-14-9-6-10-17-15(14)18(2)11-12-7-4-5-8-13(12)16/h4-10H,3,11,16H2,1-2H3. The summed E-state index contributed by atoms with van der Waals surface area (Å²) in [7, 11) is 1.98. The number of nitrogens with zero attached hydrogens (tertiary/aromatic N) is 2. The van der Waals surface area contributed by atoms with Gasteiger partial charge in [-0.05, 0) is 30.7 Å². The number of nitrogen functional groups attached to an aromatic ring is 1. The normalized spacial score (nSPS) is 10.2. The van der Waals surface area contributed by atoms with Crippen LogP contribution in [0.1, 0.15) is 12.5 Å². The Kier molecular flexibility index (Phi) is 4.23. The average molecular weight is 257 g/mol. The van der Waals surface area contributed by atoms with Crippen molar-refractivity contribution in [3.05, 3.63) is 48.2 Å². The molecule has 0 aliphatic carbocycles. The average Bonchev–Trinajstić information content (AvgIpc) is 2.42. The molecule has 2 aromatic rings. The van der Waals surface area contributed by atoms with Crippen molar-refractivity contribution in [2.45, 2.75) is 13.5 Å². The Morgan fingerprint density at radius 1 is 1.21 bits per heavy atom. The van der Waals surface area contributed by atoms with E-state index in [0.717, 1.165) is 22.8 Å². The molecule has 1 aromatic carbocycles. The smallest absolute Gasteiger partial charge is 0.171 e. The van der Waals surface area contributed by atoms with Gasteiger partial charge < -0.3 is 15.4 Å². The second-order valence-corrected chi connectivity index (χ2v) is 4.31. The van der Waals surface area contributed by atoms with Crippen LogP contribution in [0.25, 0.3) is 0 Å². The number of pyridine rings is 1. The Bertz CT molecular complexity index is 542. The molecule has 0 saturated carbocycles. The van der Waals surface area contributed by atoms with Gasteiger partial charge in [-0.3, -0.25) is 0 Å². The fraction of sp³-hybridized carbons (Fsp3) is 0.267. The van der Waals surface area contributed by atoms with Gasteiger partial charge in [0, 0.05) is 25.5 Å². The van der Waals surface area contributed by atoms with Crippen molar-refractivity contribution in [1.82, 2.24) is 4.98 Å². The molecule has 0 saturated heterocycles. The quantitative estimate of drug-likeness (QED) is 0.837. The van der Waals surface area contributed by atoms with Crippen LogP contribution in [-0.2, 0) is 6.54 Å². The summed E-state index contributed by atoms with van der Waals surface area (Å²) in [5, 5.41) is 0. The van der Waals surface area contributed by atoms with Gasteiger partial charge >= 0.3 is 0 Å². The van der Waals surface area contributed by atoms with Gasteiger partial charge in [0.2, 0.25) is 0 Å². The summed E-state index contributed by atoms with van der Waals surface area (Å²) in [6.07, 6.45) is 1.77. The number of aromatic nitrogens is 1. The van der Waals surface area contributed by atoms with Crippen LogP contribution in [0.5, 0.6) is 5.75 Å². The number of hydrogen-bond donors (Lipinski definition) is 1. The molecule has 1 aromatic heterocycles. The van der Waals surface area contributed by atoms with Gasteiger partial charge in [0.05, 0.1) is 6.61 Å². The molecule has 2 rings (SSSR count). The lowest BCUT2D eigenvalue weighted by Gasteiger charge is -2.21. The minimum atomic E-state index is 0.625. The summed E-state index contributed by atoms with van der Waals surface area (Å²) < 4.78 is 5.59. The lowest BCUT2D eigenvalue weighted by molar-refractivity contribution is 0.339. The molecular weight excluding hydrogens is 238 g/mol. The molecular formula is C15H19N3O. The third-order valence-corrected chi connectivity index (χ3v) is 2.87. The molecule has 19 heavy (non-hydrogen) atoms. The lowest BCUT2D eigenvalue weighted by atomic mass is 10.1. The predicted octanol–water partition coefficient (Wildman–Crippen LogP) is 2.70. The molecule has 0 unspecified atom stereocenters. The van der Waals surface area contributed by atoms with Crippen molar-refractivity contribution < 1.29 is 4.74 Å². The Morgan fingerprint density at radius 2 is 2.00 bits per heavy atom. The Labute approximate surface area is 113 Å². The molecule has 0 radical (unpaired) electrons. The van der Waals surface area contributed by atoms with Gasteiger partial charge in [-0.2, -0.15) is 0 Å². The first-order valence-electron chi connectivity index (χ1n) is 6.34. The highest BCUT2D eigenvalue weighted by atomic mass is 16.5. The fourth-order valence-corrected chi connectivity index (χ4v) is 1.95. The zero-order chi connectivity index (χ0) is 13.7. The van der Waals surface area contributed by atoms with E-state index in [1.54, 1.807) is 6.20 Å². The molecule has 0 aliphatic rings.